The molecule has 0 spiro atoms. The zero-order valence-electron chi connectivity index (χ0n) is 24.9. The number of allylic oxidation sites excluding steroid dienone is 4. The number of hydrogen-bond donors (Lipinski definition) is 2. The fourth-order valence-corrected chi connectivity index (χ4v) is 5.78. The lowest BCUT2D eigenvalue weighted by Crippen LogP contribution is -2.34. The number of hydrogen-bond acceptors (Lipinski definition) is 6. The molecule has 2 aromatic rings. The Morgan fingerprint density at radius 1 is 0.707 bits per heavy atom. The summed E-state index contributed by atoms with van der Waals surface area (Å²) in [6.45, 7) is 10.4. The Morgan fingerprint density at radius 3 is 1.59 bits per heavy atom. The van der Waals surface area contributed by atoms with Gasteiger partial charge in [0.1, 0.15) is 11.5 Å². The van der Waals surface area contributed by atoms with Gasteiger partial charge in [0.15, 0.2) is 11.6 Å². The summed E-state index contributed by atoms with van der Waals surface area (Å²) >= 11 is 0. The molecule has 6 heteroatoms. The van der Waals surface area contributed by atoms with Gasteiger partial charge in [0.05, 0.1) is 23.7 Å². The summed E-state index contributed by atoms with van der Waals surface area (Å²) in [7, 11) is 0. The highest BCUT2D eigenvalue weighted by Crippen LogP contribution is 2.37. The van der Waals surface area contributed by atoms with Crippen molar-refractivity contribution >= 4 is 23.0 Å². The molecular weight excluding hydrogens is 512 g/mol. The molecule has 0 aromatic heterocycles. The van der Waals surface area contributed by atoms with Gasteiger partial charge in [0, 0.05) is 37.1 Å². The second kappa shape index (κ2) is 12.4. The highest BCUT2D eigenvalue weighted by molar-refractivity contribution is 6.25. The molecular formula is C35H42N2O4. The highest BCUT2D eigenvalue weighted by atomic mass is 16.3. The van der Waals surface area contributed by atoms with Crippen LogP contribution in [0.2, 0.25) is 0 Å². The Morgan fingerprint density at radius 2 is 1.12 bits per heavy atom. The van der Waals surface area contributed by atoms with Crippen LogP contribution in [0.3, 0.4) is 0 Å². The van der Waals surface area contributed by atoms with Gasteiger partial charge in [-0.1, -0.05) is 88.4 Å². The second-order valence-corrected chi connectivity index (χ2v) is 13.1. The summed E-state index contributed by atoms with van der Waals surface area (Å²) in [5.41, 5.74) is 3.18. The van der Waals surface area contributed by atoms with Crippen molar-refractivity contribution in [1.82, 2.24) is 0 Å². The molecule has 2 aromatic carbocycles. The van der Waals surface area contributed by atoms with E-state index < -0.39 is 0 Å². The average molecular weight is 555 g/mol. The Hall–Kier alpha value is -3.80. The molecule has 41 heavy (non-hydrogen) atoms. The van der Waals surface area contributed by atoms with Crippen molar-refractivity contribution < 1.29 is 19.8 Å². The van der Waals surface area contributed by atoms with Gasteiger partial charge in [-0.2, -0.15) is 0 Å². The maximum Gasteiger partial charge on any atom is 0.168 e. The molecule has 0 bridgehead atoms. The molecule has 2 N–H and O–H groups in total. The van der Waals surface area contributed by atoms with E-state index in [0.717, 1.165) is 11.1 Å². The number of aliphatic imine (C=N–C) groups is 2. The smallest absolute Gasteiger partial charge is 0.168 e. The van der Waals surface area contributed by atoms with Crippen molar-refractivity contribution in [2.24, 2.45) is 20.8 Å². The van der Waals surface area contributed by atoms with Crippen molar-refractivity contribution in [1.29, 1.82) is 0 Å². The van der Waals surface area contributed by atoms with Crippen molar-refractivity contribution in [3.63, 3.8) is 0 Å². The second-order valence-electron chi connectivity index (χ2n) is 13.1. The maximum absolute atomic E-state index is 13.2. The molecule has 0 heterocycles. The molecule has 2 fully saturated rings. The largest absolute Gasteiger partial charge is 0.511 e. The lowest BCUT2D eigenvalue weighted by molar-refractivity contribution is -0.118. The number of aliphatic hydroxyl groups excluding tert-OH is 2. The molecule has 6 nitrogen and oxygen atoms in total. The molecule has 4 rings (SSSR count). The van der Waals surface area contributed by atoms with Crippen LogP contribution in [0.4, 0.5) is 0 Å². The number of benzene rings is 2. The van der Waals surface area contributed by atoms with Crippen LogP contribution in [-0.2, 0) is 22.4 Å². The molecule has 0 radical (unpaired) electrons. The van der Waals surface area contributed by atoms with Gasteiger partial charge in [-0.25, -0.2) is 0 Å². The minimum Gasteiger partial charge on any atom is -0.511 e. The molecule has 2 saturated carbocycles. The fraction of sp³-hybridized carbons (Fsp3) is 0.429. The number of ketones is 2. The fourth-order valence-electron chi connectivity index (χ4n) is 5.78. The summed E-state index contributed by atoms with van der Waals surface area (Å²) in [6, 6.07) is 18.9. The van der Waals surface area contributed by atoms with Gasteiger partial charge in [-0.05, 0) is 41.7 Å². The van der Waals surface area contributed by atoms with E-state index in [1.165, 1.54) is 0 Å². The summed E-state index contributed by atoms with van der Waals surface area (Å²) < 4.78 is 0. The van der Waals surface area contributed by atoms with Crippen LogP contribution in [0, 0.1) is 10.8 Å². The zero-order valence-corrected chi connectivity index (χ0v) is 24.9. The maximum atomic E-state index is 13.2. The average Bonchev–Trinajstić information content (AvgIpc) is 2.86. The SMILES string of the molecule is CC(CN=C1CC(C)(C)CC(=O)C1=C(O)Cc1ccccc1)N=C1CC(C)(C)CC(=O)C1=C(O)Cc1ccccc1. The van der Waals surface area contributed by atoms with Crippen LogP contribution in [0.5, 0.6) is 0 Å². The number of carbonyl (C=O) groups is 2. The van der Waals surface area contributed by atoms with Gasteiger partial charge in [0.25, 0.3) is 0 Å². The van der Waals surface area contributed by atoms with Crippen molar-refractivity contribution in [3.8, 4) is 0 Å². The Balaban J connectivity index is 1.63. The van der Waals surface area contributed by atoms with E-state index in [-0.39, 0.29) is 52.8 Å². The van der Waals surface area contributed by atoms with Crippen molar-refractivity contribution in [3.05, 3.63) is 94.5 Å². The molecule has 216 valence electrons. The molecule has 0 aliphatic heterocycles. The molecule has 0 amide bonds. The van der Waals surface area contributed by atoms with Gasteiger partial charge < -0.3 is 10.2 Å². The van der Waals surface area contributed by atoms with E-state index >= 15 is 0 Å². The molecule has 2 aliphatic rings. The first-order chi connectivity index (χ1) is 19.3. The van der Waals surface area contributed by atoms with Crippen LogP contribution >= 0.6 is 0 Å². The van der Waals surface area contributed by atoms with E-state index in [4.69, 9.17) is 9.98 Å². The first-order valence-electron chi connectivity index (χ1n) is 14.4. The number of carbonyl (C=O) groups excluding carboxylic acids is 2. The lowest BCUT2D eigenvalue weighted by atomic mass is 9.73. The number of aliphatic hydroxyl groups is 2. The Labute approximate surface area is 243 Å². The van der Waals surface area contributed by atoms with Gasteiger partial charge in [0.2, 0.25) is 0 Å². The normalized spacial score (nSPS) is 23.9. The lowest BCUT2D eigenvalue weighted by Gasteiger charge is -2.32. The molecule has 1 unspecified atom stereocenters. The molecule has 0 saturated heterocycles. The summed E-state index contributed by atoms with van der Waals surface area (Å²) in [5.74, 6) is -0.0968. The third kappa shape index (κ3) is 7.90. The topological polar surface area (TPSA) is 99.3 Å². The Kier molecular flexibility index (Phi) is 9.11. The van der Waals surface area contributed by atoms with E-state index in [0.29, 0.717) is 54.8 Å². The summed E-state index contributed by atoms with van der Waals surface area (Å²) in [5, 5.41) is 22.1. The number of rotatable bonds is 7. The van der Waals surface area contributed by atoms with E-state index in [1.807, 2.05) is 95.3 Å². The third-order valence-electron chi connectivity index (χ3n) is 7.63. The van der Waals surface area contributed by atoms with Crippen LogP contribution < -0.4 is 0 Å². The van der Waals surface area contributed by atoms with Crippen LogP contribution in [0.25, 0.3) is 0 Å². The van der Waals surface area contributed by atoms with E-state index in [9.17, 15) is 19.8 Å². The predicted molar refractivity (Wildman–Crippen MR) is 165 cm³/mol. The third-order valence-corrected chi connectivity index (χ3v) is 7.63. The van der Waals surface area contributed by atoms with Gasteiger partial charge >= 0.3 is 0 Å². The monoisotopic (exact) mass is 554 g/mol. The predicted octanol–water partition coefficient (Wildman–Crippen LogP) is 7.14. The number of nitrogens with zero attached hydrogens (tertiary/aromatic N) is 2. The molecule has 1 atom stereocenters. The summed E-state index contributed by atoms with van der Waals surface area (Å²) in [4.78, 5) is 36.2. The minimum absolute atomic E-state index is 0.0460. The quantitative estimate of drug-likeness (QED) is 0.281. The molecule has 2 aliphatic carbocycles. The summed E-state index contributed by atoms with van der Waals surface area (Å²) in [6.07, 6.45) is 2.38. The van der Waals surface area contributed by atoms with Gasteiger partial charge in [-0.15, -0.1) is 0 Å². The van der Waals surface area contributed by atoms with E-state index in [1.54, 1.807) is 0 Å². The van der Waals surface area contributed by atoms with Crippen LogP contribution in [-0.4, -0.2) is 45.8 Å². The minimum atomic E-state index is -0.295. The van der Waals surface area contributed by atoms with Crippen molar-refractivity contribution in [2.75, 3.05) is 6.54 Å². The Bertz CT molecular complexity index is 1410. The van der Waals surface area contributed by atoms with Crippen LogP contribution in [0.1, 0.15) is 71.4 Å². The standard InChI is InChI=1S/C35H42N2O4/c1-23(37-27-19-35(4,5)21-31(41)33(27)29(39)17-25-14-10-7-11-15-25)22-36-26-18-34(2,3)20-30(40)32(26)28(38)16-24-12-8-6-9-13-24/h6-15,23,38-39H,16-22H2,1-5H3. The van der Waals surface area contributed by atoms with Gasteiger partial charge in [-0.3, -0.25) is 19.6 Å². The zero-order chi connectivity index (χ0) is 29.8. The van der Waals surface area contributed by atoms with E-state index in [2.05, 4.69) is 0 Å². The highest BCUT2D eigenvalue weighted by Gasteiger charge is 2.37. The van der Waals surface area contributed by atoms with Crippen LogP contribution in [0.15, 0.2) is 93.3 Å². The first kappa shape index (κ1) is 30.2. The first-order valence-corrected chi connectivity index (χ1v) is 14.4. The number of Topliss-reactive ketones (excluding diaryl/α,β-unsaturated/α-hetero) is 2. The van der Waals surface area contributed by atoms with Crippen molar-refractivity contribution in [2.45, 2.75) is 79.2 Å².